The van der Waals surface area contributed by atoms with Crippen LogP contribution >= 0.6 is 11.6 Å². The number of aryl methyl sites for hydroxylation is 1. The quantitative estimate of drug-likeness (QED) is 0.680. The summed E-state index contributed by atoms with van der Waals surface area (Å²) < 4.78 is 0. The molecule has 0 amide bonds. The average molecular weight is 373 g/mol. The van der Waals surface area contributed by atoms with Crippen molar-refractivity contribution < 1.29 is 5.11 Å². The molecule has 1 aliphatic rings. The van der Waals surface area contributed by atoms with Crippen LogP contribution in [0.4, 0.5) is 0 Å². The average Bonchev–Trinajstić information content (AvgIpc) is 2.56. The fraction of sp³-hybridized carbons (Fsp3) is 0.455. The lowest BCUT2D eigenvalue weighted by Gasteiger charge is -2.26. The molecule has 2 rings (SSSR count). The number of phenols is 1. The van der Waals surface area contributed by atoms with Crippen molar-refractivity contribution in [3.63, 3.8) is 0 Å². The van der Waals surface area contributed by atoms with Crippen molar-refractivity contribution in [2.45, 2.75) is 58.9 Å². The van der Waals surface area contributed by atoms with Crippen molar-refractivity contribution in [3.8, 4) is 5.75 Å². The van der Waals surface area contributed by atoms with Crippen molar-refractivity contribution in [3.05, 3.63) is 52.1 Å². The second-order valence-corrected chi connectivity index (χ2v) is 8.45. The zero-order valence-corrected chi connectivity index (χ0v) is 17.5. The molecular weight excluding hydrogens is 344 g/mol. The second-order valence-electron chi connectivity index (χ2n) is 8.02. The summed E-state index contributed by atoms with van der Waals surface area (Å²) in [6.45, 7) is 12.6. The summed E-state index contributed by atoms with van der Waals surface area (Å²) in [6, 6.07) is 4.12. The Bertz CT molecular complexity index is 810. The minimum Gasteiger partial charge on any atom is -0.507 e. The molecule has 140 valence electrons. The molecular formula is C22H29ClN2O. The zero-order valence-electron chi connectivity index (χ0n) is 16.8. The number of allylic oxidation sites excluding steroid dienone is 4. The van der Waals surface area contributed by atoms with E-state index >= 15 is 0 Å². The highest BCUT2D eigenvalue weighted by Gasteiger charge is 2.25. The highest BCUT2D eigenvalue weighted by molar-refractivity contribution is 6.53. The molecule has 0 spiro atoms. The van der Waals surface area contributed by atoms with Crippen molar-refractivity contribution in [1.82, 2.24) is 0 Å². The number of phenolic OH excluding ortho intramolecular Hbond substituents is 1. The molecule has 1 N–H and O–H groups in total. The monoisotopic (exact) mass is 372 g/mol. The zero-order chi connectivity index (χ0) is 19.6. The van der Waals surface area contributed by atoms with Gasteiger partial charge in [0.1, 0.15) is 5.75 Å². The van der Waals surface area contributed by atoms with Gasteiger partial charge in [-0.3, -0.25) is 9.98 Å². The van der Waals surface area contributed by atoms with Gasteiger partial charge in [0.25, 0.3) is 0 Å². The lowest BCUT2D eigenvalue weighted by Crippen LogP contribution is -2.19. The number of rotatable bonds is 3. The molecule has 0 saturated carbocycles. The van der Waals surface area contributed by atoms with Gasteiger partial charge in [-0.15, -0.1) is 0 Å². The smallest absolute Gasteiger partial charge is 0.122 e. The maximum Gasteiger partial charge on any atom is 0.122 e. The van der Waals surface area contributed by atoms with E-state index in [1.165, 1.54) is 0 Å². The predicted octanol–water partition coefficient (Wildman–Crippen LogP) is 5.69. The van der Waals surface area contributed by atoms with E-state index in [1.54, 1.807) is 7.05 Å². The van der Waals surface area contributed by atoms with Crippen LogP contribution in [0.1, 0.15) is 57.2 Å². The Hall–Kier alpha value is -1.87. The highest BCUT2D eigenvalue weighted by atomic mass is 35.5. The van der Waals surface area contributed by atoms with E-state index in [9.17, 15) is 5.11 Å². The van der Waals surface area contributed by atoms with Gasteiger partial charge < -0.3 is 5.11 Å². The van der Waals surface area contributed by atoms with E-state index < -0.39 is 0 Å². The lowest BCUT2D eigenvalue weighted by molar-refractivity contribution is 0.431. The predicted molar refractivity (Wildman–Crippen MR) is 113 cm³/mol. The first-order valence-corrected chi connectivity index (χ1v) is 9.36. The van der Waals surface area contributed by atoms with Crippen LogP contribution in [0.15, 0.2) is 45.4 Å². The van der Waals surface area contributed by atoms with Crippen LogP contribution in [0.2, 0.25) is 0 Å². The molecule has 26 heavy (non-hydrogen) atoms. The normalized spacial score (nSPS) is 20.4. The van der Waals surface area contributed by atoms with Crippen molar-refractivity contribution in [2.24, 2.45) is 9.98 Å². The molecule has 0 aliphatic heterocycles. The highest BCUT2D eigenvalue weighted by Crippen LogP contribution is 2.39. The van der Waals surface area contributed by atoms with Crippen LogP contribution < -0.4 is 0 Å². The summed E-state index contributed by atoms with van der Waals surface area (Å²) in [5, 5.41) is 11.5. The number of halogens is 1. The van der Waals surface area contributed by atoms with Gasteiger partial charge in [0.05, 0.1) is 17.5 Å². The van der Waals surface area contributed by atoms with Gasteiger partial charge in [-0.2, -0.15) is 0 Å². The van der Waals surface area contributed by atoms with E-state index in [4.69, 9.17) is 16.6 Å². The first-order valence-electron chi connectivity index (χ1n) is 8.98. The summed E-state index contributed by atoms with van der Waals surface area (Å²) in [5.41, 5.74) is 4.55. The summed E-state index contributed by atoms with van der Waals surface area (Å²) >= 11 is 6.05. The topological polar surface area (TPSA) is 45.0 Å². The molecule has 2 atom stereocenters. The molecule has 4 heteroatoms. The van der Waals surface area contributed by atoms with Gasteiger partial charge in [-0.1, -0.05) is 57.0 Å². The van der Waals surface area contributed by atoms with Crippen LogP contribution in [0.5, 0.6) is 5.75 Å². The third kappa shape index (κ3) is 4.45. The third-order valence-electron chi connectivity index (χ3n) is 4.83. The summed E-state index contributed by atoms with van der Waals surface area (Å²) in [7, 11) is 1.74. The maximum atomic E-state index is 10.9. The Morgan fingerprint density at radius 2 is 1.73 bits per heavy atom. The fourth-order valence-corrected chi connectivity index (χ4v) is 3.27. The number of hydrogen-bond acceptors (Lipinski definition) is 3. The van der Waals surface area contributed by atoms with Crippen LogP contribution in [0, 0.1) is 6.92 Å². The van der Waals surface area contributed by atoms with Crippen LogP contribution in [0.25, 0.3) is 0 Å². The Labute approximate surface area is 162 Å². The van der Waals surface area contributed by atoms with Gasteiger partial charge in [0.2, 0.25) is 0 Å². The number of nitrogens with zero attached hydrogens (tertiary/aromatic N) is 2. The molecule has 2 unspecified atom stereocenters. The fourth-order valence-electron chi connectivity index (χ4n) is 3.10. The van der Waals surface area contributed by atoms with Crippen LogP contribution in [-0.2, 0) is 5.41 Å². The molecule has 3 nitrogen and oxygen atoms in total. The van der Waals surface area contributed by atoms with Crippen molar-refractivity contribution in [1.29, 1.82) is 0 Å². The number of hydrogen-bond donors (Lipinski definition) is 1. The van der Waals surface area contributed by atoms with Gasteiger partial charge >= 0.3 is 0 Å². The summed E-state index contributed by atoms with van der Waals surface area (Å²) in [6.07, 6.45) is 5.54. The van der Waals surface area contributed by atoms with Gasteiger partial charge in [-0.05, 0) is 48.6 Å². The largest absolute Gasteiger partial charge is 0.507 e. The first kappa shape index (κ1) is 20.4. The van der Waals surface area contributed by atoms with E-state index in [2.05, 4.69) is 58.7 Å². The van der Waals surface area contributed by atoms with E-state index in [0.29, 0.717) is 10.8 Å². The molecule has 1 aromatic carbocycles. The first-order chi connectivity index (χ1) is 12.0. The molecule has 1 aromatic rings. The van der Waals surface area contributed by atoms with E-state index in [-0.39, 0.29) is 17.4 Å². The van der Waals surface area contributed by atoms with Crippen LogP contribution in [-0.4, -0.2) is 29.6 Å². The molecule has 0 bridgehead atoms. The van der Waals surface area contributed by atoms with Crippen molar-refractivity contribution >= 4 is 23.0 Å². The minimum absolute atomic E-state index is 0.0165. The summed E-state index contributed by atoms with van der Waals surface area (Å²) in [4.78, 5) is 9.11. The van der Waals surface area contributed by atoms with E-state index in [1.807, 2.05) is 18.2 Å². The Kier molecular flexibility index (Phi) is 6.13. The maximum absolute atomic E-state index is 10.9. The standard InChI is InChI=1S/C22H29ClN2O/c1-13-10-17(21(26)18(11-13)22(4,5)6)14(2)15(3)25-19-9-8-16(23)12-20(19)24-7/h8-12,14-15,26H,1-7H3/b24-20-,25-19-. The molecule has 0 radical (unpaired) electrons. The van der Waals surface area contributed by atoms with E-state index in [0.717, 1.165) is 28.1 Å². The lowest BCUT2D eigenvalue weighted by atomic mass is 9.81. The molecule has 0 aromatic heterocycles. The Morgan fingerprint density at radius 1 is 1.08 bits per heavy atom. The van der Waals surface area contributed by atoms with Crippen molar-refractivity contribution in [2.75, 3.05) is 7.05 Å². The Morgan fingerprint density at radius 3 is 2.31 bits per heavy atom. The van der Waals surface area contributed by atoms with Gasteiger partial charge in [0, 0.05) is 18.0 Å². The Balaban J connectivity index is 2.41. The van der Waals surface area contributed by atoms with Crippen LogP contribution in [0.3, 0.4) is 0 Å². The molecule has 1 aliphatic carbocycles. The molecule has 0 heterocycles. The number of aliphatic imine (C=N–C) groups is 2. The third-order valence-corrected chi connectivity index (χ3v) is 5.06. The molecule has 0 saturated heterocycles. The minimum atomic E-state index is -0.116. The van der Waals surface area contributed by atoms with Gasteiger partial charge in [-0.25, -0.2) is 0 Å². The number of benzene rings is 1. The summed E-state index contributed by atoms with van der Waals surface area (Å²) in [5.74, 6) is 0.450. The number of aromatic hydroxyl groups is 1. The van der Waals surface area contributed by atoms with Gasteiger partial charge in [0.15, 0.2) is 0 Å². The SMILES string of the molecule is C/N=C1/C=C(Cl)C=C/C1=N/C(C)C(C)c1cc(C)cc(C(C)(C)C)c1O. The second kappa shape index (κ2) is 7.79. The molecule has 0 fully saturated rings.